The molecule has 3 fully saturated rings. The van der Waals surface area contributed by atoms with E-state index < -0.39 is 0 Å². The maximum atomic E-state index is 4.00. The summed E-state index contributed by atoms with van der Waals surface area (Å²) in [6.45, 7) is 3.56. The average molecular weight is 566 g/mol. The van der Waals surface area contributed by atoms with Crippen molar-refractivity contribution >= 4 is 47.8 Å². The van der Waals surface area contributed by atoms with Gasteiger partial charge in [0.15, 0.2) is 0 Å². The van der Waals surface area contributed by atoms with Crippen LogP contribution in [0.2, 0.25) is 0 Å². The number of piperidine rings is 2. The van der Waals surface area contributed by atoms with Crippen molar-refractivity contribution in [3.8, 4) is 0 Å². The van der Waals surface area contributed by atoms with Crippen molar-refractivity contribution in [2.45, 2.75) is 85.8 Å². The molecule has 152 valence electrons. The maximum absolute atomic E-state index is 4.00. The van der Waals surface area contributed by atoms with E-state index in [4.69, 9.17) is 0 Å². The van der Waals surface area contributed by atoms with Gasteiger partial charge in [0.25, 0.3) is 0 Å². The lowest BCUT2D eigenvalue weighted by Crippen LogP contribution is -2.57. The minimum Gasteiger partial charge on any atom is -0.359 e. The molecule has 3 heterocycles. The summed E-state index contributed by atoms with van der Waals surface area (Å²) in [5.41, 5.74) is 0. The molecule has 4 unspecified atom stereocenters. The molecule has 0 amide bonds. The SMILES string of the molecule is BrC1=CC=CCN1C1CC(N2CCCCC2Br)CC(N2CCCCC2Br)C1. The first-order valence-corrected chi connectivity index (χ1v) is 13.3. The van der Waals surface area contributed by atoms with Gasteiger partial charge < -0.3 is 4.90 Å². The Bertz CT molecular complexity index is 537. The third-order valence-corrected chi connectivity index (χ3v) is 9.58. The summed E-state index contributed by atoms with van der Waals surface area (Å²) in [5.74, 6) is 0. The number of hydrogen-bond acceptors (Lipinski definition) is 3. The number of allylic oxidation sites excluding steroid dienone is 2. The molecule has 2 saturated heterocycles. The Hall–Kier alpha value is 0.640. The van der Waals surface area contributed by atoms with Crippen LogP contribution in [0, 0.1) is 0 Å². The first kappa shape index (κ1) is 20.9. The van der Waals surface area contributed by atoms with Crippen molar-refractivity contribution in [3.63, 3.8) is 0 Å². The third-order valence-electron chi connectivity index (χ3n) is 6.89. The monoisotopic (exact) mass is 563 g/mol. The average Bonchev–Trinajstić information content (AvgIpc) is 2.69. The lowest BCUT2D eigenvalue weighted by molar-refractivity contribution is 0.0218. The van der Waals surface area contributed by atoms with Crippen LogP contribution >= 0.6 is 47.8 Å². The van der Waals surface area contributed by atoms with Crippen LogP contribution in [0.3, 0.4) is 0 Å². The van der Waals surface area contributed by atoms with Gasteiger partial charge in [-0.2, -0.15) is 0 Å². The van der Waals surface area contributed by atoms with E-state index in [-0.39, 0.29) is 0 Å². The van der Waals surface area contributed by atoms with Gasteiger partial charge in [-0.05, 0) is 92.9 Å². The van der Waals surface area contributed by atoms with E-state index in [0.29, 0.717) is 28.0 Å². The smallest absolute Gasteiger partial charge is 0.0811 e. The first-order valence-electron chi connectivity index (χ1n) is 10.7. The van der Waals surface area contributed by atoms with Gasteiger partial charge in [-0.1, -0.05) is 44.0 Å². The molecule has 4 atom stereocenters. The number of halogens is 3. The second-order valence-corrected chi connectivity index (χ2v) is 11.5. The van der Waals surface area contributed by atoms with E-state index in [0.717, 1.165) is 6.54 Å². The Balaban J connectivity index is 1.54. The summed E-state index contributed by atoms with van der Waals surface area (Å²) in [6, 6.07) is 1.99. The molecule has 0 aromatic heterocycles. The quantitative estimate of drug-likeness (QED) is 0.316. The molecule has 4 aliphatic rings. The van der Waals surface area contributed by atoms with Gasteiger partial charge in [0.2, 0.25) is 0 Å². The van der Waals surface area contributed by atoms with Gasteiger partial charge >= 0.3 is 0 Å². The summed E-state index contributed by atoms with van der Waals surface area (Å²) in [5, 5.41) is 0. The lowest BCUT2D eigenvalue weighted by atomic mass is 9.83. The van der Waals surface area contributed by atoms with E-state index >= 15 is 0 Å². The molecule has 4 rings (SSSR count). The number of hydrogen-bond donors (Lipinski definition) is 0. The molecule has 0 radical (unpaired) electrons. The normalized spacial score (nSPS) is 39.4. The Kier molecular flexibility index (Phi) is 7.45. The fraction of sp³-hybridized carbons (Fsp3) is 0.810. The van der Waals surface area contributed by atoms with Crippen LogP contribution in [-0.2, 0) is 0 Å². The van der Waals surface area contributed by atoms with Crippen molar-refractivity contribution in [1.29, 1.82) is 0 Å². The molecule has 3 nitrogen and oxygen atoms in total. The van der Waals surface area contributed by atoms with E-state index in [1.807, 2.05) is 0 Å². The summed E-state index contributed by atoms with van der Waals surface area (Å²) in [7, 11) is 0. The fourth-order valence-electron chi connectivity index (χ4n) is 5.50. The molecule has 6 heteroatoms. The van der Waals surface area contributed by atoms with Gasteiger partial charge in [0.1, 0.15) is 0 Å². The predicted octanol–water partition coefficient (Wildman–Crippen LogP) is 5.80. The van der Waals surface area contributed by atoms with Crippen LogP contribution < -0.4 is 0 Å². The summed E-state index contributed by atoms with van der Waals surface area (Å²) < 4.78 is 1.26. The van der Waals surface area contributed by atoms with Crippen LogP contribution in [0.4, 0.5) is 0 Å². The summed E-state index contributed by atoms with van der Waals surface area (Å²) in [4.78, 5) is 9.30. The molecule has 1 aliphatic carbocycles. The summed E-state index contributed by atoms with van der Waals surface area (Å²) in [6.07, 6.45) is 18.6. The molecule has 27 heavy (non-hydrogen) atoms. The standard InChI is InChI=1S/C21H32Br3N3/c22-19-7-1-4-10-25(19)16-13-17(26-11-5-2-8-20(26)23)15-18(14-16)27-12-6-3-9-21(27)24/h1,4,7,16-18,20-21H,2-3,5-6,8-15H2. The third kappa shape index (κ3) is 4.87. The Morgan fingerprint density at radius 3 is 1.85 bits per heavy atom. The maximum Gasteiger partial charge on any atom is 0.0811 e. The highest BCUT2D eigenvalue weighted by Crippen LogP contribution is 2.38. The van der Waals surface area contributed by atoms with Crippen molar-refractivity contribution in [1.82, 2.24) is 14.7 Å². The largest absolute Gasteiger partial charge is 0.359 e. The Morgan fingerprint density at radius 1 is 0.778 bits per heavy atom. The van der Waals surface area contributed by atoms with Gasteiger partial charge in [0, 0.05) is 24.7 Å². The van der Waals surface area contributed by atoms with Crippen molar-refractivity contribution < 1.29 is 0 Å². The highest BCUT2D eigenvalue weighted by Gasteiger charge is 2.41. The highest BCUT2D eigenvalue weighted by atomic mass is 79.9. The summed E-state index contributed by atoms with van der Waals surface area (Å²) >= 11 is 11.8. The predicted molar refractivity (Wildman–Crippen MR) is 125 cm³/mol. The minimum atomic E-state index is 0.567. The molecule has 0 N–H and O–H groups in total. The zero-order chi connectivity index (χ0) is 18.8. The van der Waals surface area contributed by atoms with Crippen LogP contribution in [-0.4, -0.2) is 62.4 Å². The van der Waals surface area contributed by atoms with Crippen molar-refractivity contribution in [2.24, 2.45) is 0 Å². The molecule has 0 aromatic carbocycles. The first-order chi connectivity index (χ1) is 13.1. The molecular weight excluding hydrogens is 534 g/mol. The van der Waals surface area contributed by atoms with Gasteiger partial charge in [-0.3, -0.25) is 9.80 Å². The molecular formula is C21H32Br3N3. The highest BCUT2D eigenvalue weighted by molar-refractivity contribution is 9.11. The Labute approximate surface area is 190 Å². The second kappa shape index (κ2) is 9.63. The minimum absolute atomic E-state index is 0.567. The lowest BCUT2D eigenvalue weighted by Gasteiger charge is -2.51. The van der Waals surface area contributed by atoms with Crippen LogP contribution in [0.1, 0.15) is 57.8 Å². The topological polar surface area (TPSA) is 9.72 Å². The van der Waals surface area contributed by atoms with Gasteiger partial charge in [0.05, 0.1) is 14.5 Å². The molecule has 0 aromatic rings. The number of nitrogens with zero attached hydrogens (tertiary/aromatic N) is 3. The zero-order valence-electron chi connectivity index (χ0n) is 16.1. The Morgan fingerprint density at radius 2 is 1.33 bits per heavy atom. The van der Waals surface area contributed by atoms with Gasteiger partial charge in [-0.15, -0.1) is 0 Å². The number of alkyl halides is 2. The second-order valence-electron chi connectivity index (χ2n) is 8.57. The van der Waals surface area contributed by atoms with E-state index in [1.165, 1.54) is 75.5 Å². The molecule has 0 bridgehead atoms. The van der Waals surface area contributed by atoms with Crippen molar-refractivity contribution in [2.75, 3.05) is 19.6 Å². The van der Waals surface area contributed by atoms with Gasteiger partial charge in [-0.25, -0.2) is 0 Å². The number of rotatable bonds is 3. The van der Waals surface area contributed by atoms with Crippen LogP contribution in [0.15, 0.2) is 22.8 Å². The zero-order valence-corrected chi connectivity index (χ0v) is 20.8. The van der Waals surface area contributed by atoms with E-state index in [9.17, 15) is 0 Å². The number of likely N-dealkylation sites (tertiary alicyclic amines) is 2. The molecule has 3 aliphatic heterocycles. The fourth-order valence-corrected chi connectivity index (χ4v) is 7.82. The van der Waals surface area contributed by atoms with Crippen LogP contribution in [0.5, 0.6) is 0 Å². The van der Waals surface area contributed by atoms with E-state index in [1.54, 1.807) is 0 Å². The van der Waals surface area contributed by atoms with Crippen LogP contribution in [0.25, 0.3) is 0 Å². The molecule has 0 spiro atoms. The van der Waals surface area contributed by atoms with E-state index in [2.05, 4.69) is 80.7 Å². The van der Waals surface area contributed by atoms with Crippen molar-refractivity contribution in [3.05, 3.63) is 22.8 Å². The molecule has 1 saturated carbocycles.